The molecule has 2 amide bonds. The number of carbonyl (C=O) groups is 2. The molecule has 0 radical (unpaired) electrons. The van der Waals surface area contributed by atoms with Crippen molar-refractivity contribution in [2.45, 2.75) is 32.9 Å². The maximum Gasteiger partial charge on any atom is 0.309 e. The van der Waals surface area contributed by atoms with Crippen molar-refractivity contribution < 1.29 is 9.59 Å². The minimum absolute atomic E-state index is 0.0374. The molecule has 1 aromatic carbocycles. The number of benzene rings is 1. The van der Waals surface area contributed by atoms with E-state index in [0.717, 1.165) is 45.8 Å². The van der Waals surface area contributed by atoms with Crippen LogP contribution in [-0.4, -0.2) is 80.0 Å². The molecule has 0 saturated carbocycles. The molecule has 1 aliphatic heterocycles. The van der Waals surface area contributed by atoms with Crippen molar-refractivity contribution in [3.05, 3.63) is 52.7 Å². The molecule has 1 aliphatic rings. The van der Waals surface area contributed by atoms with Crippen molar-refractivity contribution >= 4 is 28.8 Å². The zero-order valence-corrected chi connectivity index (χ0v) is 20.8. The van der Waals surface area contributed by atoms with Crippen LogP contribution in [0.15, 0.2) is 47.8 Å². The van der Waals surface area contributed by atoms with E-state index in [-0.39, 0.29) is 12.1 Å². The molecule has 0 aliphatic carbocycles. The van der Waals surface area contributed by atoms with Gasteiger partial charge in [0.15, 0.2) is 0 Å². The summed E-state index contributed by atoms with van der Waals surface area (Å²) in [6.45, 7) is 12.9. The molecule has 2 atom stereocenters. The zero-order chi connectivity index (χ0) is 23.6. The van der Waals surface area contributed by atoms with Gasteiger partial charge in [-0.15, -0.1) is 11.3 Å². The van der Waals surface area contributed by atoms with Gasteiger partial charge in [0.05, 0.1) is 6.04 Å². The lowest BCUT2D eigenvalue weighted by Crippen LogP contribution is -2.54. The van der Waals surface area contributed by atoms with Gasteiger partial charge in [-0.25, -0.2) is 0 Å². The number of hydrogen-bond donors (Lipinski definition) is 2. The first-order chi connectivity index (χ1) is 16.0. The van der Waals surface area contributed by atoms with Gasteiger partial charge >= 0.3 is 11.8 Å². The quantitative estimate of drug-likeness (QED) is 0.522. The molecule has 0 unspecified atom stereocenters. The molecule has 1 fully saturated rings. The van der Waals surface area contributed by atoms with Crippen molar-refractivity contribution in [3.63, 3.8) is 0 Å². The first kappa shape index (κ1) is 25.2. The average molecular weight is 472 g/mol. The number of amides is 2. The van der Waals surface area contributed by atoms with Gasteiger partial charge in [0.25, 0.3) is 0 Å². The SMILES string of the molecule is CCN(CC)CCNC(=O)C(=O)N[C@H](C)[C@H](c1cccs1)N1CCN(c2ccccc2)CC1. The van der Waals surface area contributed by atoms with Gasteiger partial charge in [0.2, 0.25) is 0 Å². The number of likely N-dealkylation sites (N-methyl/N-ethyl adjacent to an activating group) is 1. The number of carbonyl (C=O) groups excluding carboxylic acids is 2. The second kappa shape index (κ2) is 12.7. The Morgan fingerprint density at radius 3 is 2.30 bits per heavy atom. The van der Waals surface area contributed by atoms with Crippen LogP contribution in [0.4, 0.5) is 5.69 Å². The van der Waals surface area contributed by atoms with Crippen molar-refractivity contribution in [2.24, 2.45) is 0 Å². The molecule has 2 heterocycles. The Balaban J connectivity index is 1.57. The number of nitrogens with zero attached hydrogens (tertiary/aromatic N) is 3. The van der Waals surface area contributed by atoms with Crippen LogP contribution in [0.2, 0.25) is 0 Å². The third-order valence-corrected chi connectivity index (χ3v) is 7.25. The Kier molecular flexibility index (Phi) is 9.72. The van der Waals surface area contributed by atoms with E-state index in [1.54, 1.807) is 11.3 Å². The number of nitrogens with one attached hydrogen (secondary N) is 2. The smallest absolute Gasteiger partial charge is 0.309 e. The van der Waals surface area contributed by atoms with E-state index < -0.39 is 11.8 Å². The van der Waals surface area contributed by atoms with Crippen LogP contribution in [-0.2, 0) is 9.59 Å². The molecule has 1 aromatic heterocycles. The Hall–Kier alpha value is -2.42. The molecular formula is C25H37N5O2S. The van der Waals surface area contributed by atoms with Gasteiger partial charge in [-0.2, -0.15) is 0 Å². The number of rotatable bonds is 10. The number of thiophene rings is 1. The van der Waals surface area contributed by atoms with Gasteiger partial charge in [-0.05, 0) is 43.6 Å². The molecular weight excluding hydrogens is 434 g/mol. The summed E-state index contributed by atoms with van der Waals surface area (Å²) >= 11 is 1.70. The van der Waals surface area contributed by atoms with Crippen LogP contribution in [0, 0.1) is 0 Å². The van der Waals surface area contributed by atoms with Crippen LogP contribution in [0.5, 0.6) is 0 Å². The van der Waals surface area contributed by atoms with E-state index in [9.17, 15) is 9.59 Å². The summed E-state index contributed by atoms with van der Waals surface area (Å²) in [6, 6.07) is 14.5. The molecule has 2 N–H and O–H groups in total. The Bertz CT molecular complexity index is 849. The summed E-state index contributed by atoms with van der Waals surface area (Å²) in [5, 5.41) is 7.78. The molecule has 180 valence electrons. The highest BCUT2D eigenvalue weighted by atomic mass is 32.1. The average Bonchev–Trinajstić information content (AvgIpc) is 3.37. The van der Waals surface area contributed by atoms with Gasteiger partial charge in [0, 0.05) is 55.9 Å². The first-order valence-electron chi connectivity index (χ1n) is 11.9. The Labute approximate surface area is 201 Å². The lowest BCUT2D eigenvalue weighted by atomic mass is 10.0. The molecule has 2 aromatic rings. The topological polar surface area (TPSA) is 67.9 Å². The predicted molar refractivity (Wildman–Crippen MR) is 136 cm³/mol. The number of anilines is 1. The summed E-state index contributed by atoms with van der Waals surface area (Å²) in [5.41, 5.74) is 1.24. The summed E-state index contributed by atoms with van der Waals surface area (Å²) < 4.78 is 0. The van der Waals surface area contributed by atoms with Crippen LogP contribution in [0.25, 0.3) is 0 Å². The number of piperazine rings is 1. The first-order valence-corrected chi connectivity index (χ1v) is 12.8. The van der Waals surface area contributed by atoms with Gasteiger partial charge < -0.3 is 20.4 Å². The monoisotopic (exact) mass is 471 g/mol. The summed E-state index contributed by atoms with van der Waals surface area (Å²) in [5.74, 6) is -1.13. The van der Waals surface area contributed by atoms with E-state index >= 15 is 0 Å². The largest absolute Gasteiger partial charge is 0.369 e. The molecule has 1 saturated heterocycles. The normalized spacial score (nSPS) is 16.4. The third-order valence-electron chi connectivity index (χ3n) is 6.31. The second-order valence-corrected chi connectivity index (χ2v) is 9.34. The van der Waals surface area contributed by atoms with Gasteiger partial charge in [0.1, 0.15) is 0 Å². The summed E-state index contributed by atoms with van der Waals surface area (Å²) in [4.78, 5) is 33.2. The Morgan fingerprint density at radius 1 is 1.00 bits per heavy atom. The molecule has 7 nitrogen and oxygen atoms in total. The van der Waals surface area contributed by atoms with E-state index in [1.807, 2.05) is 19.1 Å². The van der Waals surface area contributed by atoms with Crippen LogP contribution < -0.4 is 15.5 Å². The maximum atomic E-state index is 12.6. The van der Waals surface area contributed by atoms with E-state index in [4.69, 9.17) is 0 Å². The third kappa shape index (κ3) is 7.03. The Morgan fingerprint density at radius 2 is 1.70 bits per heavy atom. The highest BCUT2D eigenvalue weighted by Crippen LogP contribution is 2.30. The van der Waals surface area contributed by atoms with Crippen molar-refractivity contribution in [1.29, 1.82) is 0 Å². The fraction of sp³-hybridized carbons (Fsp3) is 0.520. The summed E-state index contributed by atoms with van der Waals surface area (Å²) in [6.07, 6.45) is 0. The fourth-order valence-electron chi connectivity index (χ4n) is 4.40. The van der Waals surface area contributed by atoms with Crippen LogP contribution in [0.3, 0.4) is 0 Å². The molecule has 0 bridgehead atoms. The highest BCUT2D eigenvalue weighted by molar-refractivity contribution is 7.10. The minimum atomic E-state index is -0.563. The summed E-state index contributed by atoms with van der Waals surface area (Å²) in [7, 11) is 0. The molecule has 3 rings (SSSR count). The molecule has 8 heteroatoms. The maximum absolute atomic E-state index is 12.6. The number of para-hydroxylation sites is 1. The number of hydrogen-bond acceptors (Lipinski definition) is 6. The second-order valence-electron chi connectivity index (χ2n) is 8.36. The van der Waals surface area contributed by atoms with E-state index in [1.165, 1.54) is 10.6 Å². The van der Waals surface area contributed by atoms with Crippen LogP contribution in [0.1, 0.15) is 31.7 Å². The highest BCUT2D eigenvalue weighted by Gasteiger charge is 2.31. The van der Waals surface area contributed by atoms with Crippen molar-refractivity contribution in [1.82, 2.24) is 20.4 Å². The van der Waals surface area contributed by atoms with Crippen molar-refractivity contribution in [3.8, 4) is 0 Å². The standard InChI is InChI=1S/C25H37N5O2S/c1-4-28(5-2)14-13-26-24(31)25(32)27-20(3)23(22-12-9-19-33-22)30-17-15-29(16-18-30)21-10-7-6-8-11-21/h6-12,19-20,23H,4-5,13-18H2,1-3H3,(H,26,31)(H,27,32)/t20-,23-/m1/s1. The molecule has 33 heavy (non-hydrogen) atoms. The lowest BCUT2D eigenvalue weighted by molar-refractivity contribution is -0.139. The van der Waals surface area contributed by atoms with Gasteiger partial charge in [-0.1, -0.05) is 38.1 Å². The zero-order valence-electron chi connectivity index (χ0n) is 20.0. The van der Waals surface area contributed by atoms with Crippen LogP contribution >= 0.6 is 11.3 Å². The van der Waals surface area contributed by atoms with E-state index in [0.29, 0.717) is 6.54 Å². The van der Waals surface area contributed by atoms with Crippen molar-refractivity contribution in [2.75, 3.05) is 57.3 Å². The van der Waals surface area contributed by atoms with E-state index in [2.05, 4.69) is 74.9 Å². The minimum Gasteiger partial charge on any atom is -0.369 e. The molecule has 0 spiro atoms. The lowest BCUT2D eigenvalue weighted by Gasteiger charge is -2.42. The predicted octanol–water partition coefficient (Wildman–Crippen LogP) is 2.57. The fourth-order valence-corrected chi connectivity index (χ4v) is 5.36. The van der Waals surface area contributed by atoms with Gasteiger partial charge in [-0.3, -0.25) is 14.5 Å².